The molecule has 0 N–H and O–H groups in total. The minimum atomic E-state index is -5.61. The van der Waals surface area contributed by atoms with Crippen LogP contribution in [0.4, 0.5) is 26.3 Å². The largest absolute Gasteiger partial charge is 0.426 e. The van der Waals surface area contributed by atoms with Crippen LogP contribution in [0, 0.1) is 41.4 Å². The Balaban J connectivity index is 1.14. The van der Waals surface area contributed by atoms with Crippen molar-refractivity contribution in [3.05, 3.63) is 0 Å². The molecule has 0 saturated heterocycles. The summed E-state index contributed by atoms with van der Waals surface area (Å²) in [5.74, 6) is 0.648. The first kappa shape index (κ1) is 40.2. The summed E-state index contributed by atoms with van der Waals surface area (Å²) in [6.45, 7) is 8.43. The minimum absolute atomic E-state index is 0.0540. The van der Waals surface area contributed by atoms with Crippen LogP contribution >= 0.6 is 0 Å². The summed E-state index contributed by atoms with van der Waals surface area (Å²) in [7, 11) is -3.60. The van der Waals surface area contributed by atoms with Crippen LogP contribution in [0.3, 0.4) is 0 Å². The van der Waals surface area contributed by atoms with Crippen LogP contribution in [-0.4, -0.2) is 50.1 Å². The normalized spacial score (nSPS) is 33.5. The lowest BCUT2D eigenvalue weighted by Gasteiger charge is -2.43. The second-order valence-corrected chi connectivity index (χ2v) is 17.7. The first-order chi connectivity index (χ1) is 22.4. The third-order valence-corrected chi connectivity index (χ3v) is 14.8. The molecule has 48 heavy (non-hydrogen) atoms. The van der Waals surface area contributed by atoms with Gasteiger partial charge in [0.25, 0.3) is 15.7 Å². The summed E-state index contributed by atoms with van der Waals surface area (Å²) < 4.78 is 127. The van der Waals surface area contributed by atoms with E-state index in [0.717, 1.165) is 77.6 Å². The Morgan fingerprint density at radius 3 is 2.02 bits per heavy atom. The highest BCUT2D eigenvalue weighted by molar-refractivity contribution is 7.87. The van der Waals surface area contributed by atoms with Crippen molar-refractivity contribution < 1.29 is 48.4 Å². The number of rotatable bonds is 20. The molecule has 4 bridgehead atoms. The molecule has 4 fully saturated rings. The van der Waals surface area contributed by atoms with Gasteiger partial charge in [0.15, 0.2) is 6.29 Å². The van der Waals surface area contributed by atoms with E-state index in [-0.39, 0.29) is 24.4 Å². The lowest BCUT2D eigenvalue weighted by atomic mass is 9.69. The van der Waals surface area contributed by atoms with Gasteiger partial charge in [-0.05, 0) is 126 Å². The maximum absolute atomic E-state index is 14.2. The molecule has 4 saturated carbocycles. The van der Waals surface area contributed by atoms with Crippen molar-refractivity contribution in [1.29, 1.82) is 0 Å². The predicted octanol–water partition coefficient (Wildman–Crippen LogP) is 10.8. The number of hydrogen-bond donors (Lipinski definition) is 0. The van der Waals surface area contributed by atoms with Gasteiger partial charge in [-0.1, -0.05) is 58.8 Å². The summed E-state index contributed by atoms with van der Waals surface area (Å²) in [6, 6.07) is 0. The van der Waals surface area contributed by atoms with Gasteiger partial charge in [-0.2, -0.15) is 34.8 Å². The van der Waals surface area contributed by atoms with E-state index >= 15 is 0 Å². The summed E-state index contributed by atoms with van der Waals surface area (Å²) >= 11 is 0. The van der Waals surface area contributed by atoms with E-state index in [9.17, 15) is 34.8 Å². The van der Waals surface area contributed by atoms with Gasteiger partial charge >= 0.3 is 12.4 Å². The molecule has 0 heterocycles. The molecule has 0 aromatic carbocycles. The number of fused-ring (bicyclic) bond motifs is 4. The molecule has 4 aliphatic rings. The predicted molar refractivity (Wildman–Crippen MR) is 173 cm³/mol. The molecule has 12 heteroatoms. The fraction of sp³-hybridized carbons (Fsp3) is 1.00. The second kappa shape index (κ2) is 16.0. The lowest BCUT2D eigenvalue weighted by molar-refractivity contribution is -0.411. The van der Waals surface area contributed by atoms with Gasteiger partial charge in [-0.25, -0.2) is 0 Å². The van der Waals surface area contributed by atoms with Crippen LogP contribution in [0.2, 0.25) is 0 Å². The minimum Gasteiger partial charge on any atom is -0.353 e. The highest BCUT2D eigenvalue weighted by Gasteiger charge is 2.74. The highest BCUT2D eigenvalue weighted by atomic mass is 32.2. The van der Waals surface area contributed by atoms with Crippen molar-refractivity contribution in [3.8, 4) is 0 Å². The zero-order valence-corrected chi connectivity index (χ0v) is 30.5. The van der Waals surface area contributed by atoms with Crippen LogP contribution in [0.15, 0.2) is 0 Å². The molecule has 0 aliphatic heterocycles. The first-order valence-corrected chi connectivity index (χ1v) is 20.2. The average molecular weight is 719 g/mol. The van der Waals surface area contributed by atoms with E-state index < -0.39 is 57.6 Å². The standard InChI is InChI=1S/C36H60F6O5S/c1-6-30(48(43,44)47-33(5)22-26-17-18-29(33)19-26)15-13-11-9-8-10-12-14-16-31-24(3)32-21-27(31)20-28(32)23-34(35(37,38)39,36(40,41)42)46-25(4)45-7-2/h24-32H,6-23H2,1-5H3. The average Bonchev–Trinajstić information content (AvgIpc) is 3.73. The Morgan fingerprint density at radius 1 is 0.875 bits per heavy atom. The zero-order valence-electron chi connectivity index (χ0n) is 29.6. The summed E-state index contributed by atoms with van der Waals surface area (Å²) in [5.41, 5.74) is -4.78. The Bertz CT molecular complexity index is 1110. The SMILES string of the molecule is CCOC(C)OC(CC1CC2CC1C(C)C2CCCCCCCCCC(CC)S(=O)(=O)OC1(C)CC2CCC1C2)(C(F)(F)F)C(F)(F)F. The fourth-order valence-corrected chi connectivity index (χ4v) is 12.1. The highest BCUT2D eigenvalue weighted by Crippen LogP contribution is 2.61. The number of ether oxygens (including phenoxy) is 2. The molecule has 4 rings (SSSR count). The van der Waals surface area contributed by atoms with Gasteiger partial charge in [0, 0.05) is 6.61 Å². The molecular formula is C36H60F6O5S. The Kier molecular flexibility index (Phi) is 13.4. The molecule has 4 aliphatic carbocycles. The molecule has 0 aromatic heterocycles. The van der Waals surface area contributed by atoms with E-state index in [4.69, 9.17) is 13.7 Å². The van der Waals surface area contributed by atoms with Crippen LogP contribution in [0.5, 0.6) is 0 Å². The number of halogens is 6. The maximum Gasteiger partial charge on any atom is 0.426 e. The number of hydrogen-bond acceptors (Lipinski definition) is 5. The maximum atomic E-state index is 14.2. The third-order valence-electron chi connectivity index (χ3n) is 12.8. The van der Waals surface area contributed by atoms with Gasteiger partial charge in [-0.15, -0.1) is 0 Å². The molecule has 282 valence electrons. The van der Waals surface area contributed by atoms with E-state index in [1.807, 2.05) is 20.8 Å². The van der Waals surface area contributed by atoms with Gasteiger partial charge < -0.3 is 9.47 Å². The molecule has 0 radical (unpaired) electrons. The third kappa shape index (κ3) is 8.88. The quantitative estimate of drug-likeness (QED) is 0.0543. The Morgan fingerprint density at radius 2 is 1.50 bits per heavy atom. The van der Waals surface area contributed by atoms with E-state index in [2.05, 4.69) is 0 Å². The Hall–Kier alpha value is -0.590. The van der Waals surface area contributed by atoms with Crippen LogP contribution < -0.4 is 0 Å². The molecule has 5 nitrogen and oxygen atoms in total. The zero-order chi connectivity index (χ0) is 35.5. The number of unbranched alkanes of at least 4 members (excludes halogenated alkanes) is 6. The van der Waals surface area contributed by atoms with Crippen molar-refractivity contribution in [2.45, 2.75) is 179 Å². The van der Waals surface area contributed by atoms with Crippen molar-refractivity contribution in [2.75, 3.05) is 6.61 Å². The molecule has 0 amide bonds. The molecule has 0 aromatic rings. The van der Waals surface area contributed by atoms with E-state index in [1.165, 1.54) is 13.3 Å². The lowest BCUT2D eigenvalue weighted by Crippen LogP contribution is -2.61. The van der Waals surface area contributed by atoms with Gasteiger partial charge in [0.2, 0.25) is 0 Å². The molecule has 10 atom stereocenters. The second-order valence-electron chi connectivity index (χ2n) is 15.9. The van der Waals surface area contributed by atoms with Gasteiger partial charge in [0.05, 0.1) is 10.9 Å². The smallest absolute Gasteiger partial charge is 0.353 e. The topological polar surface area (TPSA) is 61.8 Å². The Labute approximate surface area is 285 Å². The summed E-state index contributed by atoms with van der Waals surface area (Å²) in [4.78, 5) is 0. The summed E-state index contributed by atoms with van der Waals surface area (Å²) in [5, 5.41) is -0.457. The van der Waals surface area contributed by atoms with Gasteiger partial charge in [0.1, 0.15) is 0 Å². The van der Waals surface area contributed by atoms with Crippen LogP contribution in [0.25, 0.3) is 0 Å². The molecule has 10 unspecified atom stereocenters. The van der Waals surface area contributed by atoms with Crippen LogP contribution in [-0.2, 0) is 23.8 Å². The molecule has 0 spiro atoms. The van der Waals surface area contributed by atoms with E-state index in [0.29, 0.717) is 43.4 Å². The number of alkyl halides is 6. The monoisotopic (exact) mass is 718 g/mol. The van der Waals surface area contributed by atoms with Crippen molar-refractivity contribution in [2.24, 2.45) is 41.4 Å². The van der Waals surface area contributed by atoms with Crippen molar-refractivity contribution >= 4 is 10.1 Å². The fourth-order valence-electron chi connectivity index (χ4n) is 10.3. The van der Waals surface area contributed by atoms with Crippen molar-refractivity contribution in [3.63, 3.8) is 0 Å². The van der Waals surface area contributed by atoms with Crippen LogP contribution in [0.1, 0.15) is 144 Å². The van der Waals surface area contributed by atoms with E-state index in [1.54, 1.807) is 0 Å². The van der Waals surface area contributed by atoms with Crippen molar-refractivity contribution in [1.82, 2.24) is 0 Å². The summed E-state index contributed by atoms with van der Waals surface area (Å²) in [6.07, 6.45) is 0.443. The molecular weight excluding hydrogens is 658 g/mol. The first-order valence-electron chi connectivity index (χ1n) is 18.7. The van der Waals surface area contributed by atoms with Gasteiger partial charge in [-0.3, -0.25) is 4.18 Å².